The number of amides is 1. The number of carbonyl (C=O) groups excluding carboxylic acids is 1. The Morgan fingerprint density at radius 3 is 2.53 bits per heavy atom. The van der Waals surface area contributed by atoms with Gasteiger partial charge in [-0.15, -0.1) is 0 Å². The number of aliphatic hydroxyl groups excluding tert-OH is 1. The summed E-state index contributed by atoms with van der Waals surface area (Å²) in [7, 11) is 0. The van der Waals surface area contributed by atoms with Crippen LogP contribution < -0.4 is 5.32 Å². The Morgan fingerprint density at radius 1 is 1.40 bits per heavy atom. The predicted octanol–water partition coefficient (Wildman–Crippen LogP) is 1.06. The summed E-state index contributed by atoms with van der Waals surface area (Å²) in [4.78, 5) is 11.5. The lowest BCUT2D eigenvalue weighted by Gasteiger charge is -2.12. The molecule has 0 aromatic carbocycles. The average Bonchev–Trinajstić information content (AvgIpc) is 2.18. The number of aliphatic hydroxyl groups is 1. The number of nitriles is 1. The molecule has 0 fully saturated rings. The van der Waals surface area contributed by atoms with Crippen LogP contribution >= 0.6 is 0 Å². The molecule has 0 spiro atoms. The fraction of sp³-hybridized carbons (Fsp3) is 0.818. The van der Waals surface area contributed by atoms with E-state index in [1.807, 2.05) is 19.9 Å². The molecule has 1 amide bonds. The Kier molecular flexibility index (Phi) is 7.65. The third-order valence-corrected chi connectivity index (χ3v) is 2.22. The van der Waals surface area contributed by atoms with Crippen LogP contribution in [0.3, 0.4) is 0 Å². The minimum absolute atomic E-state index is 0.0486. The fourth-order valence-electron chi connectivity index (χ4n) is 1.25. The zero-order chi connectivity index (χ0) is 11.7. The van der Waals surface area contributed by atoms with Gasteiger partial charge in [0, 0.05) is 13.2 Å². The highest BCUT2D eigenvalue weighted by molar-refractivity contribution is 5.81. The molecule has 0 aliphatic carbocycles. The Hall–Kier alpha value is -1.08. The number of nitrogens with one attached hydrogen (secondary N) is 1. The van der Waals surface area contributed by atoms with Crippen molar-refractivity contribution in [3.8, 4) is 6.07 Å². The molecule has 0 radical (unpaired) electrons. The number of rotatable bonds is 7. The minimum Gasteiger partial charge on any atom is -0.396 e. The molecule has 86 valence electrons. The van der Waals surface area contributed by atoms with Crippen LogP contribution in [0.2, 0.25) is 0 Å². The fourth-order valence-corrected chi connectivity index (χ4v) is 1.25. The van der Waals surface area contributed by atoms with Crippen LogP contribution in [0.1, 0.15) is 33.1 Å². The van der Waals surface area contributed by atoms with Gasteiger partial charge in [0.15, 0.2) is 0 Å². The van der Waals surface area contributed by atoms with E-state index in [0.29, 0.717) is 6.54 Å². The molecule has 1 atom stereocenters. The van der Waals surface area contributed by atoms with E-state index in [0.717, 1.165) is 19.3 Å². The SMILES string of the molecule is CC(C)C(C#N)C(=O)NCCCCCO. The van der Waals surface area contributed by atoms with E-state index in [1.54, 1.807) is 0 Å². The first-order chi connectivity index (χ1) is 7.13. The maximum absolute atomic E-state index is 11.5. The summed E-state index contributed by atoms with van der Waals surface area (Å²) in [6.07, 6.45) is 2.51. The lowest BCUT2D eigenvalue weighted by Crippen LogP contribution is -2.33. The molecule has 0 heterocycles. The normalized spacial score (nSPS) is 12.2. The zero-order valence-electron chi connectivity index (χ0n) is 9.49. The second-order valence-corrected chi connectivity index (χ2v) is 3.93. The molecular formula is C11H20N2O2. The van der Waals surface area contributed by atoms with E-state index in [2.05, 4.69) is 5.32 Å². The maximum Gasteiger partial charge on any atom is 0.237 e. The zero-order valence-corrected chi connectivity index (χ0v) is 9.49. The van der Waals surface area contributed by atoms with E-state index in [4.69, 9.17) is 10.4 Å². The summed E-state index contributed by atoms with van der Waals surface area (Å²) in [5.41, 5.74) is 0. The monoisotopic (exact) mass is 212 g/mol. The molecule has 2 N–H and O–H groups in total. The average molecular weight is 212 g/mol. The summed E-state index contributed by atoms with van der Waals surface area (Å²) < 4.78 is 0. The summed E-state index contributed by atoms with van der Waals surface area (Å²) in [5.74, 6) is -0.688. The van der Waals surface area contributed by atoms with Crippen LogP contribution in [0.4, 0.5) is 0 Å². The van der Waals surface area contributed by atoms with Crippen molar-refractivity contribution in [1.82, 2.24) is 5.32 Å². The lowest BCUT2D eigenvalue weighted by molar-refractivity contribution is -0.124. The first-order valence-corrected chi connectivity index (χ1v) is 5.41. The van der Waals surface area contributed by atoms with E-state index >= 15 is 0 Å². The standard InChI is InChI=1S/C11H20N2O2/c1-9(2)10(8-12)11(15)13-6-4-3-5-7-14/h9-10,14H,3-7H2,1-2H3,(H,13,15). The Morgan fingerprint density at radius 2 is 2.07 bits per heavy atom. The molecule has 0 aliphatic rings. The quantitative estimate of drug-likeness (QED) is 0.620. The molecule has 15 heavy (non-hydrogen) atoms. The smallest absolute Gasteiger partial charge is 0.237 e. The van der Waals surface area contributed by atoms with Gasteiger partial charge in [0.05, 0.1) is 6.07 Å². The summed E-state index contributed by atoms with van der Waals surface area (Å²) in [6.45, 7) is 4.50. The molecular weight excluding hydrogens is 192 g/mol. The van der Waals surface area contributed by atoms with Gasteiger partial charge in [-0.05, 0) is 25.2 Å². The molecule has 0 bridgehead atoms. The van der Waals surface area contributed by atoms with Gasteiger partial charge in [-0.3, -0.25) is 4.79 Å². The largest absolute Gasteiger partial charge is 0.396 e. The Bertz CT molecular complexity index is 221. The van der Waals surface area contributed by atoms with Crippen molar-refractivity contribution in [3.05, 3.63) is 0 Å². The lowest BCUT2D eigenvalue weighted by atomic mass is 9.97. The Balaban J connectivity index is 3.69. The highest BCUT2D eigenvalue weighted by Crippen LogP contribution is 2.09. The van der Waals surface area contributed by atoms with Gasteiger partial charge in [0.1, 0.15) is 5.92 Å². The minimum atomic E-state index is -0.553. The number of carbonyl (C=O) groups is 1. The molecule has 0 aromatic rings. The Labute approximate surface area is 91.3 Å². The second-order valence-electron chi connectivity index (χ2n) is 3.93. The molecule has 0 saturated carbocycles. The maximum atomic E-state index is 11.5. The second kappa shape index (κ2) is 8.25. The van der Waals surface area contributed by atoms with E-state index in [1.165, 1.54) is 0 Å². The number of nitrogens with zero attached hydrogens (tertiary/aromatic N) is 1. The molecule has 0 aromatic heterocycles. The molecule has 4 nitrogen and oxygen atoms in total. The van der Waals surface area contributed by atoms with Crippen molar-refractivity contribution >= 4 is 5.91 Å². The highest BCUT2D eigenvalue weighted by atomic mass is 16.2. The van der Waals surface area contributed by atoms with Gasteiger partial charge in [-0.2, -0.15) is 5.26 Å². The number of hydrogen-bond donors (Lipinski definition) is 2. The molecule has 4 heteroatoms. The van der Waals surface area contributed by atoms with Crippen LogP contribution in [-0.2, 0) is 4.79 Å². The molecule has 0 saturated heterocycles. The first-order valence-electron chi connectivity index (χ1n) is 5.41. The van der Waals surface area contributed by atoms with Crippen molar-refractivity contribution in [2.75, 3.05) is 13.2 Å². The van der Waals surface area contributed by atoms with Gasteiger partial charge in [0.25, 0.3) is 0 Å². The van der Waals surface area contributed by atoms with Gasteiger partial charge >= 0.3 is 0 Å². The van der Waals surface area contributed by atoms with Crippen LogP contribution in [0.25, 0.3) is 0 Å². The topological polar surface area (TPSA) is 73.1 Å². The van der Waals surface area contributed by atoms with Gasteiger partial charge in [0.2, 0.25) is 5.91 Å². The molecule has 1 unspecified atom stereocenters. The number of hydrogen-bond acceptors (Lipinski definition) is 3. The third kappa shape index (κ3) is 6.08. The van der Waals surface area contributed by atoms with Crippen LogP contribution in [0.5, 0.6) is 0 Å². The van der Waals surface area contributed by atoms with Crippen molar-refractivity contribution in [1.29, 1.82) is 5.26 Å². The van der Waals surface area contributed by atoms with Gasteiger partial charge < -0.3 is 10.4 Å². The van der Waals surface area contributed by atoms with Crippen LogP contribution in [0, 0.1) is 23.2 Å². The van der Waals surface area contributed by atoms with Crippen LogP contribution in [0.15, 0.2) is 0 Å². The molecule has 0 rings (SSSR count). The summed E-state index contributed by atoms with van der Waals surface area (Å²) in [6, 6.07) is 2.00. The summed E-state index contributed by atoms with van der Waals surface area (Å²) >= 11 is 0. The van der Waals surface area contributed by atoms with Gasteiger partial charge in [-0.1, -0.05) is 13.8 Å². The first kappa shape index (κ1) is 13.9. The van der Waals surface area contributed by atoms with Crippen molar-refractivity contribution in [2.45, 2.75) is 33.1 Å². The van der Waals surface area contributed by atoms with Crippen LogP contribution in [-0.4, -0.2) is 24.2 Å². The number of unbranched alkanes of at least 4 members (excludes halogenated alkanes) is 2. The van der Waals surface area contributed by atoms with Crippen molar-refractivity contribution in [3.63, 3.8) is 0 Å². The highest BCUT2D eigenvalue weighted by Gasteiger charge is 2.20. The van der Waals surface area contributed by atoms with E-state index in [-0.39, 0.29) is 18.4 Å². The summed E-state index contributed by atoms with van der Waals surface area (Å²) in [5, 5.41) is 20.0. The molecule has 0 aliphatic heterocycles. The van der Waals surface area contributed by atoms with E-state index in [9.17, 15) is 4.79 Å². The van der Waals surface area contributed by atoms with Crippen molar-refractivity contribution in [2.24, 2.45) is 11.8 Å². The van der Waals surface area contributed by atoms with E-state index < -0.39 is 5.92 Å². The van der Waals surface area contributed by atoms with Gasteiger partial charge in [-0.25, -0.2) is 0 Å². The predicted molar refractivity (Wildman–Crippen MR) is 57.9 cm³/mol. The third-order valence-electron chi connectivity index (χ3n) is 2.22. The van der Waals surface area contributed by atoms with Crippen molar-refractivity contribution < 1.29 is 9.90 Å².